The molecule has 0 radical (unpaired) electrons. The van der Waals surface area contributed by atoms with Gasteiger partial charge in [0.15, 0.2) is 17.3 Å². The van der Waals surface area contributed by atoms with Crippen molar-refractivity contribution in [2.24, 2.45) is 0 Å². The highest BCUT2D eigenvalue weighted by Crippen LogP contribution is 2.19. The second-order valence-corrected chi connectivity index (χ2v) is 4.71. The Balaban J connectivity index is 1.93. The number of hydrogen-bond acceptors (Lipinski definition) is 5. The van der Waals surface area contributed by atoms with E-state index in [2.05, 4.69) is 25.9 Å². The molecule has 6 nitrogen and oxygen atoms in total. The third kappa shape index (κ3) is 2.56. The summed E-state index contributed by atoms with van der Waals surface area (Å²) in [5.41, 5.74) is 1.60. The molecule has 0 saturated heterocycles. The fourth-order valence-electron chi connectivity index (χ4n) is 1.88. The van der Waals surface area contributed by atoms with Gasteiger partial charge < -0.3 is 10.6 Å². The Hall–Kier alpha value is -2.18. The highest BCUT2D eigenvalue weighted by Gasteiger charge is 2.06. The third-order valence-electron chi connectivity index (χ3n) is 2.76. The van der Waals surface area contributed by atoms with Gasteiger partial charge in [-0.15, -0.1) is 15.3 Å². The smallest absolute Gasteiger partial charge is 0.178 e. The van der Waals surface area contributed by atoms with Crippen LogP contribution in [0.4, 0.5) is 11.5 Å². The molecule has 3 aromatic rings. The molecule has 7 heteroatoms. The van der Waals surface area contributed by atoms with Gasteiger partial charge in [0.05, 0.1) is 6.54 Å². The van der Waals surface area contributed by atoms with E-state index in [0.29, 0.717) is 23.0 Å². The number of halogens is 1. The largest absolute Gasteiger partial charge is 0.339 e. The van der Waals surface area contributed by atoms with Crippen molar-refractivity contribution >= 4 is 28.8 Å². The average molecular weight is 289 g/mol. The minimum atomic E-state index is 0.606. The second kappa shape index (κ2) is 5.44. The fraction of sp³-hybridized carbons (Fsp3) is 0.154. The minimum absolute atomic E-state index is 0.606. The van der Waals surface area contributed by atoms with Crippen LogP contribution in [-0.2, 0) is 6.54 Å². The summed E-state index contributed by atoms with van der Waals surface area (Å²) in [6, 6.07) is 11.2. The molecule has 2 heterocycles. The summed E-state index contributed by atoms with van der Waals surface area (Å²) in [4.78, 5) is 0. The number of rotatable bonds is 4. The van der Waals surface area contributed by atoms with E-state index < -0.39 is 0 Å². The summed E-state index contributed by atoms with van der Waals surface area (Å²) >= 11 is 5.96. The Bertz CT molecular complexity index is 739. The van der Waals surface area contributed by atoms with Crippen LogP contribution in [0.5, 0.6) is 0 Å². The van der Waals surface area contributed by atoms with E-state index in [9.17, 15) is 0 Å². The van der Waals surface area contributed by atoms with Gasteiger partial charge in [0, 0.05) is 10.7 Å². The van der Waals surface area contributed by atoms with Gasteiger partial charge >= 0.3 is 0 Å². The topological polar surface area (TPSA) is 67.1 Å². The van der Waals surface area contributed by atoms with Crippen LogP contribution in [0.25, 0.3) is 5.65 Å². The zero-order chi connectivity index (χ0) is 13.9. The third-order valence-corrected chi connectivity index (χ3v) is 2.99. The van der Waals surface area contributed by atoms with Crippen LogP contribution in [0, 0.1) is 0 Å². The summed E-state index contributed by atoms with van der Waals surface area (Å²) in [7, 11) is 1.86. The van der Waals surface area contributed by atoms with Gasteiger partial charge in [-0.2, -0.15) is 4.52 Å². The van der Waals surface area contributed by atoms with Crippen LogP contribution in [0.3, 0.4) is 0 Å². The second-order valence-electron chi connectivity index (χ2n) is 4.27. The monoisotopic (exact) mass is 288 g/mol. The number of anilines is 2. The minimum Gasteiger partial charge on any atom is -0.339 e. The van der Waals surface area contributed by atoms with E-state index in [4.69, 9.17) is 11.6 Å². The number of benzene rings is 1. The van der Waals surface area contributed by atoms with Gasteiger partial charge in [-0.25, -0.2) is 0 Å². The number of aromatic nitrogens is 4. The van der Waals surface area contributed by atoms with E-state index in [-0.39, 0.29) is 0 Å². The normalized spacial score (nSPS) is 10.9. The van der Waals surface area contributed by atoms with Crippen molar-refractivity contribution in [1.82, 2.24) is 25.1 Å². The Kier molecular flexibility index (Phi) is 3.49. The van der Waals surface area contributed by atoms with E-state index >= 15 is 0 Å². The molecule has 0 saturated carbocycles. The van der Waals surface area contributed by atoms with Crippen molar-refractivity contribution in [1.29, 1.82) is 0 Å². The first-order valence-corrected chi connectivity index (χ1v) is 6.52. The van der Waals surface area contributed by atoms with Crippen LogP contribution in [-0.4, -0.2) is 26.9 Å². The molecule has 0 unspecified atom stereocenters. The number of nitrogens with one attached hydrogen (secondary N) is 2. The summed E-state index contributed by atoms with van der Waals surface area (Å²) in [6.45, 7) is 0.606. The molecule has 3 rings (SSSR count). The van der Waals surface area contributed by atoms with Crippen molar-refractivity contribution in [3.05, 3.63) is 47.2 Å². The lowest BCUT2D eigenvalue weighted by Gasteiger charge is -2.06. The van der Waals surface area contributed by atoms with E-state index in [1.165, 1.54) is 0 Å². The number of hydrogen-bond donors (Lipinski definition) is 2. The Labute approximate surface area is 120 Å². The van der Waals surface area contributed by atoms with Crippen molar-refractivity contribution in [2.45, 2.75) is 6.54 Å². The van der Waals surface area contributed by atoms with Crippen LogP contribution in [0.15, 0.2) is 36.4 Å². The summed E-state index contributed by atoms with van der Waals surface area (Å²) in [6.07, 6.45) is 0. The Morgan fingerprint density at radius 3 is 2.90 bits per heavy atom. The van der Waals surface area contributed by atoms with Crippen molar-refractivity contribution < 1.29 is 0 Å². The summed E-state index contributed by atoms with van der Waals surface area (Å²) < 4.78 is 1.71. The van der Waals surface area contributed by atoms with E-state index in [1.54, 1.807) is 4.52 Å². The van der Waals surface area contributed by atoms with Gasteiger partial charge in [0.1, 0.15) is 0 Å². The van der Waals surface area contributed by atoms with Gasteiger partial charge in [-0.3, -0.25) is 0 Å². The van der Waals surface area contributed by atoms with E-state index in [0.717, 1.165) is 11.5 Å². The van der Waals surface area contributed by atoms with Gasteiger partial charge in [0.2, 0.25) is 0 Å². The van der Waals surface area contributed by atoms with Crippen molar-refractivity contribution in [3.8, 4) is 0 Å². The van der Waals surface area contributed by atoms with E-state index in [1.807, 2.05) is 43.4 Å². The highest BCUT2D eigenvalue weighted by atomic mass is 35.5. The molecule has 0 aliphatic heterocycles. The quantitative estimate of drug-likeness (QED) is 0.771. The predicted molar refractivity (Wildman–Crippen MR) is 78.3 cm³/mol. The van der Waals surface area contributed by atoms with Crippen molar-refractivity contribution in [3.63, 3.8) is 0 Å². The molecule has 0 fully saturated rings. The molecule has 0 atom stereocenters. The number of fused-ring (bicyclic) bond motifs is 1. The Morgan fingerprint density at radius 2 is 2.10 bits per heavy atom. The lowest BCUT2D eigenvalue weighted by atomic mass is 10.3. The first kappa shape index (κ1) is 12.8. The molecule has 0 aliphatic carbocycles. The standard InChI is InChI=1S/C13H13ClN6/c1-15-8-13-18-17-12-6-5-11(19-20(12)13)16-10-4-2-3-9(14)7-10/h2-7,15H,8H2,1H3,(H,16,19). The highest BCUT2D eigenvalue weighted by molar-refractivity contribution is 6.30. The molecule has 1 aromatic carbocycles. The Morgan fingerprint density at radius 1 is 1.20 bits per heavy atom. The summed E-state index contributed by atoms with van der Waals surface area (Å²) in [5, 5.41) is 19.5. The molecule has 2 aromatic heterocycles. The molecule has 0 aliphatic rings. The molecular formula is C13H13ClN6. The first-order chi connectivity index (χ1) is 9.76. The van der Waals surface area contributed by atoms with Crippen LogP contribution in [0.1, 0.15) is 5.82 Å². The zero-order valence-electron chi connectivity index (χ0n) is 10.8. The lowest BCUT2D eigenvalue weighted by molar-refractivity contribution is 0.719. The molecule has 0 amide bonds. The molecule has 2 N–H and O–H groups in total. The zero-order valence-corrected chi connectivity index (χ0v) is 11.6. The molecular weight excluding hydrogens is 276 g/mol. The SMILES string of the molecule is CNCc1nnc2ccc(Nc3cccc(Cl)c3)nn12. The molecule has 0 bridgehead atoms. The van der Waals surface area contributed by atoms with Crippen LogP contribution in [0.2, 0.25) is 5.02 Å². The summed E-state index contributed by atoms with van der Waals surface area (Å²) in [5.74, 6) is 1.47. The van der Waals surface area contributed by atoms with Crippen molar-refractivity contribution in [2.75, 3.05) is 12.4 Å². The maximum absolute atomic E-state index is 5.96. The average Bonchev–Trinajstić information content (AvgIpc) is 2.82. The fourth-order valence-corrected chi connectivity index (χ4v) is 2.07. The van der Waals surface area contributed by atoms with Crippen LogP contribution < -0.4 is 10.6 Å². The van der Waals surface area contributed by atoms with Gasteiger partial charge in [0.25, 0.3) is 0 Å². The molecule has 102 valence electrons. The lowest BCUT2D eigenvalue weighted by Crippen LogP contribution is -2.10. The van der Waals surface area contributed by atoms with Gasteiger partial charge in [-0.05, 0) is 37.4 Å². The molecule has 20 heavy (non-hydrogen) atoms. The maximum atomic E-state index is 5.96. The number of nitrogens with zero attached hydrogens (tertiary/aromatic N) is 4. The maximum Gasteiger partial charge on any atom is 0.178 e. The van der Waals surface area contributed by atoms with Crippen LogP contribution >= 0.6 is 11.6 Å². The predicted octanol–water partition coefficient (Wildman–Crippen LogP) is 2.24. The van der Waals surface area contributed by atoms with Gasteiger partial charge in [-0.1, -0.05) is 17.7 Å². The molecule has 0 spiro atoms. The first-order valence-electron chi connectivity index (χ1n) is 6.15.